The maximum Gasteiger partial charge on any atom is 0.185 e. The molecule has 0 aliphatic heterocycles. The molecule has 2 N–H and O–H groups in total. The van der Waals surface area contributed by atoms with Crippen LogP contribution in [0.2, 0.25) is 0 Å². The number of nitrogens with zero attached hydrogens (tertiary/aromatic N) is 2. The van der Waals surface area contributed by atoms with Gasteiger partial charge in [0.05, 0.1) is 5.69 Å². The van der Waals surface area contributed by atoms with Crippen LogP contribution in [0.3, 0.4) is 0 Å². The van der Waals surface area contributed by atoms with E-state index in [4.69, 9.17) is 5.73 Å². The van der Waals surface area contributed by atoms with Gasteiger partial charge in [0.15, 0.2) is 5.13 Å². The van der Waals surface area contributed by atoms with Gasteiger partial charge in [0.1, 0.15) is 0 Å². The van der Waals surface area contributed by atoms with Crippen molar-refractivity contribution in [3.8, 4) is 0 Å². The molecule has 0 aliphatic rings. The molecule has 1 aromatic heterocycles. The van der Waals surface area contributed by atoms with E-state index in [1.165, 1.54) is 12.8 Å². The number of rotatable bonds is 7. The molecule has 17 heavy (non-hydrogen) atoms. The Morgan fingerprint density at radius 2 is 2.12 bits per heavy atom. The third kappa shape index (κ3) is 3.96. The Kier molecular flexibility index (Phi) is 5.92. The second-order valence-electron chi connectivity index (χ2n) is 4.65. The number of unbranched alkanes of at least 4 members (excludes halogenated alkanes) is 1. The van der Waals surface area contributed by atoms with Crippen LogP contribution in [0.5, 0.6) is 0 Å². The molecule has 0 fully saturated rings. The van der Waals surface area contributed by atoms with Gasteiger partial charge in [-0.25, -0.2) is 4.98 Å². The predicted molar refractivity (Wildman–Crippen MR) is 76.7 cm³/mol. The first-order valence-corrected chi connectivity index (χ1v) is 7.45. The topological polar surface area (TPSA) is 42.2 Å². The quantitative estimate of drug-likeness (QED) is 0.810. The molecular formula is C13H25N3S. The molecule has 0 saturated heterocycles. The molecule has 2 unspecified atom stereocenters. The summed E-state index contributed by atoms with van der Waals surface area (Å²) in [5.74, 6) is 0. The highest BCUT2D eigenvalue weighted by Crippen LogP contribution is 2.26. The highest BCUT2D eigenvalue weighted by molar-refractivity contribution is 7.13. The van der Waals surface area contributed by atoms with Crippen LogP contribution in [-0.4, -0.2) is 17.6 Å². The van der Waals surface area contributed by atoms with E-state index in [9.17, 15) is 0 Å². The molecule has 0 saturated carbocycles. The molecule has 0 aliphatic carbocycles. The molecule has 0 amide bonds. The highest BCUT2D eigenvalue weighted by Gasteiger charge is 2.16. The number of nitrogens with two attached hydrogens (primary N) is 1. The van der Waals surface area contributed by atoms with E-state index in [1.807, 2.05) is 6.92 Å². The summed E-state index contributed by atoms with van der Waals surface area (Å²) < 4.78 is 0. The summed E-state index contributed by atoms with van der Waals surface area (Å²) in [5, 5.41) is 3.21. The average Bonchev–Trinajstić information content (AvgIpc) is 2.78. The first kappa shape index (κ1) is 14.5. The van der Waals surface area contributed by atoms with Gasteiger partial charge in [0, 0.05) is 24.0 Å². The van der Waals surface area contributed by atoms with Crippen LogP contribution in [0.4, 0.5) is 5.13 Å². The standard InChI is InChI=1S/C13H25N3S/c1-5-7-8-16(10(3)6-2)13-15-12(9-17-13)11(4)14/h9-11H,5-8,14H2,1-4H3. The van der Waals surface area contributed by atoms with Gasteiger partial charge in [-0.1, -0.05) is 20.3 Å². The fourth-order valence-corrected chi connectivity index (χ4v) is 2.73. The van der Waals surface area contributed by atoms with Gasteiger partial charge in [-0.05, 0) is 26.7 Å². The van der Waals surface area contributed by atoms with Crippen LogP contribution in [0.1, 0.15) is 58.7 Å². The van der Waals surface area contributed by atoms with E-state index in [-0.39, 0.29) is 6.04 Å². The summed E-state index contributed by atoms with van der Waals surface area (Å²) in [7, 11) is 0. The molecule has 0 bridgehead atoms. The normalized spacial score (nSPS) is 14.6. The first-order valence-electron chi connectivity index (χ1n) is 6.57. The first-order chi connectivity index (χ1) is 8.10. The Balaban J connectivity index is 2.80. The van der Waals surface area contributed by atoms with Gasteiger partial charge in [-0.2, -0.15) is 0 Å². The third-order valence-electron chi connectivity index (χ3n) is 3.10. The van der Waals surface area contributed by atoms with Crippen LogP contribution < -0.4 is 10.6 Å². The van der Waals surface area contributed by atoms with E-state index in [2.05, 4.69) is 36.0 Å². The van der Waals surface area contributed by atoms with E-state index in [0.717, 1.165) is 23.8 Å². The fraction of sp³-hybridized carbons (Fsp3) is 0.769. The summed E-state index contributed by atoms with van der Waals surface area (Å²) in [6, 6.07) is 0.582. The SMILES string of the molecule is CCCCN(c1nc(C(C)N)cs1)C(C)CC. The maximum atomic E-state index is 5.86. The fourth-order valence-electron chi connectivity index (χ4n) is 1.67. The van der Waals surface area contributed by atoms with Crippen molar-refractivity contribution in [1.29, 1.82) is 0 Å². The predicted octanol–water partition coefficient (Wildman–Crippen LogP) is 3.57. The molecular weight excluding hydrogens is 230 g/mol. The lowest BCUT2D eigenvalue weighted by atomic mass is 10.2. The van der Waals surface area contributed by atoms with Crippen molar-refractivity contribution in [2.45, 2.75) is 59.0 Å². The largest absolute Gasteiger partial charge is 0.345 e. The minimum Gasteiger partial charge on any atom is -0.345 e. The summed E-state index contributed by atoms with van der Waals surface area (Å²) in [6.07, 6.45) is 3.59. The second kappa shape index (κ2) is 6.97. The van der Waals surface area contributed by atoms with E-state index in [0.29, 0.717) is 6.04 Å². The van der Waals surface area contributed by atoms with Crippen LogP contribution in [0.15, 0.2) is 5.38 Å². The lowest BCUT2D eigenvalue weighted by Crippen LogP contribution is -2.33. The summed E-state index contributed by atoms with van der Waals surface area (Å²) in [4.78, 5) is 7.07. The molecule has 1 heterocycles. The van der Waals surface area contributed by atoms with Gasteiger partial charge in [-0.15, -0.1) is 11.3 Å². The lowest BCUT2D eigenvalue weighted by Gasteiger charge is -2.28. The maximum absolute atomic E-state index is 5.86. The minimum absolute atomic E-state index is 0.0324. The molecule has 98 valence electrons. The Labute approximate surface area is 109 Å². The van der Waals surface area contributed by atoms with E-state index in [1.54, 1.807) is 11.3 Å². The third-order valence-corrected chi connectivity index (χ3v) is 3.99. The Morgan fingerprint density at radius 1 is 1.41 bits per heavy atom. The van der Waals surface area contributed by atoms with E-state index >= 15 is 0 Å². The van der Waals surface area contributed by atoms with Crippen LogP contribution >= 0.6 is 11.3 Å². The number of hydrogen-bond acceptors (Lipinski definition) is 4. The number of hydrogen-bond donors (Lipinski definition) is 1. The van der Waals surface area contributed by atoms with Crippen molar-refractivity contribution in [2.24, 2.45) is 5.73 Å². The molecule has 0 radical (unpaired) electrons. The molecule has 2 atom stereocenters. The lowest BCUT2D eigenvalue weighted by molar-refractivity contribution is 0.593. The summed E-state index contributed by atoms with van der Waals surface area (Å²) in [6.45, 7) is 9.80. The van der Waals surface area contributed by atoms with Crippen molar-refractivity contribution in [3.63, 3.8) is 0 Å². The van der Waals surface area contributed by atoms with Crippen molar-refractivity contribution in [1.82, 2.24) is 4.98 Å². The Morgan fingerprint density at radius 3 is 2.59 bits per heavy atom. The zero-order valence-corrected chi connectivity index (χ0v) is 12.3. The van der Waals surface area contributed by atoms with Gasteiger partial charge >= 0.3 is 0 Å². The van der Waals surface area contributed by atoms with Crippen LogP contribution in [0, 0.1) is 0 Å². The van der Waals surface area contributed by atoms with Crippen molar-refractivity contribution < 1.29 is 0 Å². The van der Waals surface area contributed by atoms with Gasteiger partial charge in [0.25, 0.3) is 0 Å². The monoisotopic (exact) mass is 255 g/mol. The smallest absolute Gasteiger partial charge is 0.185 e. The Bertz CT molecular complexity index is 322. The molecule has 0 aromatic carbocycles. The zero-order valence-electron chi connectivity index (χ0n) is 11.4. The van der Waals surface area contributed by atoms with Crippen molar-refractivity contribution in [2.75, 3.05) is 11.4 Å². The summed E-state index contributed by atoms with van der Waals surface area (Å²) >= 11 is 1.71. The Hall–Kier alpha value is -0.610. The number of thiazole rings is 1. The van der Waals surface area contributed by atoms with Crippen LogP contribution in [0.25, 0.3) is 0 Å². The van der Waals surface area contributed by atoms with Crippen LogP contribution in [-0.2, 0) is 0 Å². The van der Waals surface area contributed by atoms with Crippen molar-refractivity contribution in [3.05, 3.63) is 11.1 Å². The molecule has 1 rings (SSSR count). The zero-order chi connectivity index (χ0) is 12.8. The highest BCUT2D eigenvalue weighted by atomic mass is 32.1. The number of aromatic nitrogens is 1. The van der Waals surface area contributed by atoms with Gasteiger partial charge < -0.3 is 10.6 Å². The van der Waals surface area contributed by atoms with Gasteiger partial charge in [-0.3, -0.25) is 0 Å². The van der Waals surface area contributed by atoms with Gasteiger partial charge in [0.2, 0.25) is 0 Å². The minimum atomic E-state index is 0.0324. The molecule has 4 heteroatoms. The van der Waals surface area contributed by atoms with E-state index < -0.39 is 0 Å². The summed E-state index contributed by atoms with van der Waals surface area (Å²) in [5.41, 5.74) is 6.87. The molecule has 1 aromatic rings. The molecule has 0 spiro atoms. The van der Waals surface area contributed by atoms with Crippen molar-refractivity contribution >= 4 is 16.5 Å². The second-order valence-corrected chi connectivity index (χ2v) is 5.48. The molecule has 3 nitrogen and oxygen atoms in total. The average molecular weight is 255 g/mol. The number of anilines is 1.